The number of anilines is 1. The van der Waals surface area contributed by atoms with E-state index in [1.165, 1.54) is 17.2 Å². The molecule has 1 aliphatic heterocycles. The molecule has 3 rings (SSSR count). The molecule has 1 saturated heterocycles. The quantitative estimate of drug-likeness (QED) is 0.525. The van der Waals surface area contributed by atoms with E-state index in [-0.39, 0.29) is 11.4 Å². The summed E-state index contributed by atoms with van der Waals surface area (Å²) in [5, 5.41) is 21.7. The van der Waals surface area contributed by atoms with Crippen LogP contribution in [0.2, 0.25) is 5.02 Å². The van der Waals surface area contributed by atoms with E-state index >= 15 is 0 Å². The van der Waals surface area contributed by atoms with E-state index in [0.717, 1.165) is 49.2 Å². The predicted molar refractivity (Wildman–Crippen MR) is 117 cm³/mol. The fourth-order valence-electron chi connectivity index (χ4n) is 3.08. The number of aromatic hydroxyl groups is 1. The van der Waals surface area contributed by atoms with Crippen LogP contribution in [0.25, 0.3) is 0 Å². The number of carbonyl (C=O) groups is 2. The number of nitrogens with zero attached hydrogens (tertiary/aromatic N) is 3. The topological polar surface area (TPSA) is 106 Å². The Morgan fingerprint density at radius 1 is 1.17 bits per heavy atom. The molecule has 160 valence electrons. The van der Waals surface area contributed by atoms with Gasteiger partial charge in [-0.1, -0.05) is 11.6 Å². The number of benzene rings is 1. The third-order valence-electron chi connectivity index (χ3n) is 4.70. The van der Waals surface area contributed by atoms with Gasteiger partial charge in [-0.25, -0.2) is 4.98 Å². The van der Waals surface area contributed by atoms with Gasteiger partial charge in [0.05, 0.1) is 11.9 Å². The van der Waals surface area contributed by atoms with Crippen LogP contribution in [0.4, 0.5) is 5.69 Å². The minimum atomic E-state index is -1.16. The van der Waals surface area contributed by atoms with Crippen LogP contribution in [0.15, 0.2) is 41.4 Å². The first-order valence-corrected chi connectivity index (χ1v) is 10.8. The highest BCUT2D eigenvalue weighted by molar-refractivity contribution is 7.99. The second-order valence-corrected chi connectivity index (χ2v) is 8.37. The van der Waals surface area contributed by atoms with Crippen LogP contribution in [-0.4, -0.2) is 77.0 Å². The summed E-state index contributed by atoms with van der Waals surface area (Å²) in [7, 11) is 0. The molecule has 30 heavy (non-hydrogen) atoms. The zero-order valence-electron chi connectivity index (χ0n) is 16.3. The Morgan fingerprint density at radius 2 is 1.87 bits per heavy atom. The molecule has 2 aromatic rings. The second-order valence-electron chi connectivity index (χ2n) is 6.77. The molecule has 1 amide bonds. The van der Waals surface area contributed by atoms with Gasteiger partial charge in [0.15, 0.2) is 5.69 Å². The van der Waals surface area contributed by atoms with E-state index in [0.29, 0.717) is 0 Å². The smallest absolute Gasteiger partial charge is 0.322 e. The number of piperazine rings is 1. The predicted octanol–water partition coefficient (Wildman–Crippen LogP) is 2.17. The van der Waals surface area contributed by atoms with Crippen molar-refractivity contribution < 1.29 is 19.8 Å². The van der Waals surface area contributed by atoms with Crippen LogP contribution in [0.1, 0.15) is 10.5 Å². The van der Waals surface area contributed by atoms with Gasteiger partial charge in [0.1, 0.15) is 12.3 Å². The lowest BCUT2D eigenvalue weighted by molar-refractivity contribution is -0.135. The van der Waals surface area contributed by atoms with Crippen LogP contribution in [0.3, 0.4) is 0 Å². The summed E-state index contributed by atoms with van der Waals surface area (Å²) in [4.78, 5) is 32.1. The summed E-state index contributed by atoms with van der Waals surface area (Å²) in [6.45, 7) is 3.81. The molecular weight excluding hydrogens is 428 g/mol. The van der Waals surface area contributed by atoms with Crippen molar-refractivity contribution in [3.8, 4) is 5.75 Å². The molecule has 3 N–H and O–H groups in total. The van der Waals surface area contributed by atoms with Crippen molar-refractivity contribution in [2.45, 2.75) is 4.90 Å². The summed E-state index contributed by atoms with van der Waals surface area (Å²) in [5.41, 5.74) is 0.551. The second kappa shape index (κ2) is 10.5. The number of hydrogen-bond donors (Lipinski definition) is 3. The lowest BCUT2D eigenvalue weighted by Crippen LogP contribution is -2.47. The van der Waals surface area contributed by atoms with Crippen molar-refractivity contribution in [3.63, 3.8) is 0 Å². The number of thioether (sulfide) groups is 1. The number of carboxylic acids is 1. The highest BCUT2D eigenvalue weighted by Gasteiger charge is 2.20. The maximum Gasteiger partial charge on any atom is 0.322 e. The largest absolute Gasteiger partial charge is 0.505 e. The minimum Gasteiger partial charge on any atom is -0.505 e. The SMILES string of the molecule is O=C(O)CNC(=O)c1ncc(N2CCN(CCSc3ccc(Cl)cc3)CC2)cc1O. The molecule has 0 spiro atoms. The zero-order chi connectivity index (χ0) is 21.5. The standard InChI is InChI=1S/C20H23ClN4O4S/c21-14-1-3-16(4-2-14)30-10-9-24-5-7-25(8-6-24)15-11-17(26)19(22-12-15)20(29)23-13-18(27)28/h1-4,11-12,26H,5-10,13H2,(H,23,29)(H,27,28). The molecule has 0 bridgehead atoms. The molecule has 8 nitrogen and oxygen atoms in total. The highest BCUT2D eigenvalue weighted by Crippen LogP contribution is 2.24. The van der Waals surface area contributed by atoms with E-state index < -0.39 is 18.4 Å². The van der Waals surface area contributed by atoms with Gasteiger partial charge < -0.3 is 20.4 Å². The summed E-state index contributed by atoms with van der Waals surface area (Å²) < 4.78 is 0. The van der Waals surface area contributed by atoms with Gasteiger partial charge in [-0.3, -0.25) is 14.5 Å². The van der Waals surface area contributed by atoms with E-state index in [1.54, 1.807) is 11.8 Å². The van der Waals surface area contributed by atoms with Crippen LogP contribution in [0, 0.1) is 0 Å². The lowest BCUT2D eigenvalue weighted by atomic mass is 10.2. The molecule has 0 saturated carbocycles. The van der Waals surface area contributed by atoms with Crippen LogP contribution < -0.4 is 10.2 Å². The van der Waals surface area contributed by atoms with E-state index in [1.807, 2.05) is 24.3 Å². The van der Waals surface area contributed by atoms with Gasteiger partial charge >= 0.3 is 5.97 Å². The molecule has 0 radical (unpaired) electrons. The van der Waals surface area contributed by atoms with Crippen molar-refractivity contribution >= 4 is 40.9 Å². The molecule has 1 fully saturated rings. The van der Waals surface area contributed by atoms with Crippen molar-refractivity contribution in [3.05, 3.63) is 47.2 Å². The van der Waals surface area contributed by atoms with Gasteiger partial charge in [-0.2, -0.15) is 0 Å². The Kier molecular flexibility index (Phi) is 7.78. The summed E-state index contributed by atoms with van der Waals surface area (Å²) in [5.74, 6) is -1.16. The number of aromatic nitrogens is 1. The van der Waals surface area contributed by atoms with Crippen molar-refractivity contribution in [2.24, 2.45) is 0 Å². The van der Waals surface area contributed by atoms with Crippen LogP contribution in [0.5, 0.6) is 5.75 Å². The number of pyridine rings is 1. The molecule has 2 heterocycles. The first kappa shape index (κ1) is 22.2. The number of nitrogens with one attached hydrogen (secondary N) is 1. The maximum absolute atomic E-state index is 11.9. The Balaban J connectivity index is 1.46. The molecule has 0 atom stereocenters. The van der Waals surface area contributed by atoms with Gasteiger partial charge in [0, 0.05) is 54.5 Å². The first-order chi connectivity index (χ1) is 14.4. The third kappa shape index (κ3) is 6.25. The van der Waals surface area contributed by atoms with Crippen LogP contribution in [-0.2, 0) is 4.79 Å². The number of carboxylic acid groups (broad SMARTS) is 1. The zero-order valence-corrected chi connectivity index (χ0v) is 17.8. The number of hydrogen-bond acceptors (Lipinski definition) is 7. The maximum atomic E-state index is 11.9. The Morgan fingerprint density at radius 3 is 2.50 bits per heavy atom. The van der Waals surface area contributed by atoms with E-state index in [4.69, 9.17) is 16.7 Å². The molecule has 0 unspecified atom stereocenters. The Labute approximate surface area is 183 Å². The highest BCUT2D eigenvalue weighted by atomic mass is 35.5. The summed E-state index contributed by atoms with van der Waals surface area (Å²) >= 11 is 7.71. The fourth-order valence-corrected chi connectivity index (χ4v) is 4.12. The number of amides is 1. The lowest BCUT2D eigenvalue weighted by Gasteiger charge is -2.36. The van der Waals surface area contributed by atoms with Gasteiger partial charge in [0.25, 0.3) is 5.91 Å². The first-order valence-electron chi connectivity index (χ1n) is 9.47. The molecular formula is C20H23ClN4O4S. The average Bonchev–Trinajstić information content (AvgIpc) is 2.74. The van der Waals surface area contributed by atoms with Gasteiger partial charge in [0.2, 0.25) is 0 Å². The van der Waals surface area contributed by atoms with Crippen molar-refractivity contribution in [1.82, 2.24) is 15.2 Å². The van der Waals surface area contributed by atoms with Gasteiger partial charge in [-0.05, 0) is 24.3 Å². The number of carbonyl (C=O) groups excluding carboxylic acids is 1. The number of aliphatic carboxylic acids is 1. The normalized spacial score (nSPS) is 14.5. The number of rotatable bonds is 8. The van der Waals surface area contributed by atoms with E-state index in [9.17, 15) is 14.7 Å². The molecule has 1 aromatic carbocycles. The minimum absolute atomic E-state index is 0.183. The Hall–Kier alpha value is -2.49. The monoisotopic (exact) mass is 450 g/mol. The summed E-state index contributed by atoms with van der Waals surface area (Å²) in [6, 6.07) is 9.33. The fraction of sp³-hybridized carbons (Fsp3) is 0.350. The molecule has 1 aromatic heterocycles. The number of halogens is 1. The van der Waals surface area contributed by atoms with Crippen LogP contribution >= 0.6 is 23.4 Å². The average molecular weight is 451 g/mol. The van der Waals surface area contributed by atoms with Gasteiger partial charge in [-0.15, -0.1) is 11.8 Å². The van der Waals surface area contributed by atoms with Crippen molar-refractivity contribution in [1.29, 1.82) is 0 Å². The summed E-state index contributed by atoms with van der Waals surface area (Å²) in [6.07, 6.45) is 1.53. The molecule has 0 aliphatic carbocycles. The van der Waals surface area contributed by atoms with E-state index in [2.05, 4.69) is 20.1 Å². The molecule has 10 heteroatoms. The Bertz CT molecular complexity index is 889. The van der Waals surface area contributed by atoms with Crippen molar-refractivity contribution in [2.75, 3.05) is 49.9 Å². The molecule has 1 aliphatic rings. The third-order valence-corrected chi connectivity index (χ3v) is 5.94.